The second kappa shape index (κ2) is 9.30. The molecule has 0 atom stereocenters. The summed E-state index contributed by atoms with van der Waals surface area (Å²) in [5.74, 6) is 0.110. The summed E-state index contributed by atoms with van der Waals surface area (Å²) in [4.78, 5) is 16.0. The van der Waals surface area contributed by atoms with Crippen LogP contribution in [-0.4, -0.2) is 27.2 Å². The summed E-state index contributed by atoms with van der Waals surface area (Å²) in [6.07, 6.45) is -3.46. The van der Waals surface area contributed by atoms with E-state index in [9.17, 15) is 18.0 Å². The molecule has 0 bridgehead atoms. The summed E-state index contributed by atoms with van der Waals surface area (Å²) in [5, 5.41) is 9.85. The summed E-state index contributed by atoms with van der Waals surface area (Å²) < 4.78 is 41.1. The fourth-order valence-electron chi connectivity index (χ4n) is 3.24. The van der Waals surface area contributed by atoms with Crippen LogP contribution in [0.5, 0.6) is 0 Å². The van der Waals surface area contributed by atoms with Gasteiger partial charge in [-0.3, -0.25) is 9.36 Å². The van der Waals surface area contributed by atoms with E-state index < -0.39 is 17.6 Å². The summed E-state index contributed by atoms with van der Waals surface area (Å²) in [7, 11) is 0. The maximum absolute atomic E-state index is 12.8. The average Bonchev–Trinajstić information content (AvgIpc) is 3.22. The Morgan fingerprint density at radius 1 is 1.19 bits per heavy atom. The first-order chi connectivity index (χ1) is 15.0. The third-order valence-electron chi connectivity index (χ3n) is 4.85. The topological polar surface area (TPSA) is 81.1 Å². The molecule has 0 saturated carbocycles. The van der Waals surface area contributed by atoms with Gasteiger partial charge in [0.15, 0.2) is 5.65 Å². The van der Waals surface area contributed by atoms with Gasteiger partial charge in [-0.25, -0.2) is 4.98 Å². The van der Waals surface area contributed by atoms with Crippen molar-refractivity contribution in [2.75, 3.05) is 6.61 Å². The number of amides is 1. The van der Waals surface area contributed by atoms with Gasteiger partial charge in [-0.2, -0.15) is 13.2 Å². The van der Waals surface area contributed by atoms with Crippen LogP contribution in [0.1, 0.15) is 41.2 Å². The van der Waals surface area contributed by atoms with Crippen molar-refractivity contribution >= 4 is 38.5 Å². The standard InChI is InChI=1S/C18H12F3N3OS.C5H12O/c1-9-23-17-15(26-9)13-8-10(16(22)25)2-7-14(13)24(17)12-5-3-11(4-6-12)18(19,20)21;1-5(2)3-4-6/h2-8H,1H3,(H2,22,25);5-6H,3-4H2,1-2H3. The molecule has 9 heteroatoms. The second-order valence-corrected chi connectivity index (χ2v) is 8.97. The highest BCUT2D eigenvalue weighted by molar-refractivity contribution is 7.19. The molecule has 0 saturated heterocycles. The predicted octanol–water partition coefficient (Wildman–Crippen LogP) is 5.69. The number of aromatic nitrogens is 2. The predicted molar refractivity (Wildman–Crippen MR) is 121 cm³/mol. The lowest BCUT2D eigenvalue weighted by atomic mass is 10.1. The molecule has 4 aromatic rings. The summed E-state index contributed by atoms with van der Waals surface area (Å²) in [5.41, 5.74) is 6.99. The van der Waals surface area contributed by atoms with Gasteiger partial charge in [-0.1, -0.05) is 13.8 Å². The summed E-state index contributed by atoms with van der Waals surface area (Å²) in [6, 6.07) is 9.95. The Morgan fingerprint density at radius 2 is 1.84 bits per heavy atom. The maximum atomic E-state index is 12.8. The third-order valence-corrected chi connectivity index (χ3v) is 5.85. The lowest BCUT2D eigenvalue weighted by Crippen LogP contribution is -2.10. The number of aliphatic hydroxyl groups is 1. The van der Waals surface area contributed by atoms with E-state index in [-0.39, 0.29) is 0 Å². The molecule has 0 fully saturated rings. The second-order valence-electron chi connectivity index (χ2n) is 7.77. The van der Waals surface area contributed by atoms with Crippen LogP contribution in [-0.2, 0) is 6.18 Å². The van der Waals surface area contributed by atoms with Gasteiger partial charge in [0.25, 0.3) is 0 Å². The molecule has 5 nitrogen and oxygen atoms in total. The Labute approximate surface area is 187 Å². The van der Waals surface area contributed by atoms with Gasteiger partial charge in [0.05, 0.1) is 20.8 Å². The molecule has 32 heavy (non-hydrogen) atoms. The molecule has 2 heterocycles. The van der Waals surface area contributed by atoms with E-state index in [1.54, 1.807) is 22.8 Å². The first kappa shape index (κ1) is 23.7. The molecule has 1 amide bonds. The van der Waals surface area contributed by atoms with Crippen molar-refractivity contribution in [3.8, 4) is 5.69 Å². The molecule has 170 valence electrons. The molecule has 0 radical (unpaired) electrons. The van der Waals surface area contributed by atoms with Crippen LogP contribution < -0.4 is 5.73 Å². The number of carbonyl (C=O) groups excluding carboxylic acids is 1. The fourth-order valence-corrected chi connectivity index (χ4v) is 4.17. The molecular formula is C23H24F3N3O2S. The number of nitrogens with zero attached hydrogens (tertiary/aromatic N) is 2. The zero-order valence-electron chi connectivity index (χ0n) is 17.9. The minimum absolute atomic E-state index is 0.331. The highest BCUT2D eigenvalue weighted by Crippen LogP contribution is 2.37. The van der Waals surface area contributed by atoms with E-state index in [4.69, 9.17) is 10.8 Å². The Bertz CT molecular complexity index is 1240. The molecule has 0 unspecified atom stereocenters. The average molecular weight is 464 g/mol. The molecule has 2 aromatic heterocycles. The number of hydrogen-bond donors (Lipinski definition) is 2. The van der Waals surface area contributed by atoms with Crippen LogP contribution in [0.4, 0.5) is 13.2 Å². The van der Waals surface area contributed by atoms with Crippen LogP contribution >= 0.6 is 11.3 Å². The Balaban J connectivity index is 0.000000427. The van der Waals surface area contributed by atoms with E-state index >= 15 is 0 Å². The van der Waals surface area contributed by atoms with Gasteiger partial charge in [0, 0.05) is 23.2 Å². The molecule has 3 N–H and O–H groups in total. The van der Waals surface area contributed by atoms with Crippen molar-refractivity contribution < 1.29 is 23.1 Å². The van der Waals surface area contributed by atoms with Gasteiger partial charge >= 0.3 is 6.18 Å². The smallest absolute Gasteiger partial charge is 0.396 e. The molecule has 0 aliphatic heterocycles. The summed E-state index contributed by atoms with van der Waals surface area (Å²) in [6.45, 7) is 6.37. The molecule has 2 aromatic carbocycles. The monoisotopic (exact) mass is 463 g/mol. The van der Waals surface area contributed by atoms with Crippen molar-refractivity contribution in [1.82, 2.24) is 9.55 Å². The number of benzene rings is 2. The molecular weight excluding hydrogens is 439 g/mol. The Morgan fingerprint density at radius 3 is 2.34 bits per heavy atom. The third kappa shape index (κ3) is 4.94. The molecule has 0 aliphatic carbocycles. The highest BCUT2D eigenvalue weighted by Gasteiger charge is 2.30. The van der Waals surface area contributed by atoms with E-state index in [1.165, 1.54) is 23.5 Å². The zero-order valence-corrected chi connectivity index (χ0v) is 18.7. The largest absolute Gasteiger partial charge is 0.416 e. The number of rotatable bonds is 4. The normalized spacial score (nSPS) is 11.8. The van der Waals surface area contributed by atoms with Gasteiger partial charge in [0.1, 0.15) is 0 Å². The van der Waals surface area contributed by atoms with Crippen LogP contribution in [0.25, 0.3) is 26.9 Å². The Kier molecular flexibility index (Phi) is 6.90. The van der Waals surface area contributed by atoms with Crippen LogP contribution in [0.2, 0.25) is 0 Å². The van der Waals surface area contributed by atoms with Crippen molar-refractivity contribution in [2.45, 2.75) is 33.4 Å². The van der Waals surface area contributed by atoms with Gasteiger partial charge in [-0.15, -0.1) is 11.3 Å². The Hall–Kier alpha value is -2.91. The number of halogens is 3. The number of nitrogens with two attached hydrogens (primary N) is 1. The number of fused-ring (bicyclic) bond motifs is 3. The van der Waals surface area contributed by atoms with E-state index in [2.05, 4.69) is 18.8 Å². The highest BCUT2D eigenvalue weighted by atomic mass is 32.1. The van der Waals surface area contributed by atoms with Gasteiger partial charge in [-0.05, 0) is 61.7 Å². The minimum Gasteiger partial charge on any atom is -0.396 e. The number of hydrogen-bond acceptors (Lipinski definition) is 4. The maximum Gasteiger partial charge on any atom is 0.416 e. The number of aliphatic hydroxyl groups excluding tert-OH is 1. The summed E-state index contributed by atoms with van der Waals surface area (Å²) >= 11 is 1.46. The van der Waals surface area contributed by atoms with E-state index in [0.29, 0.717) is 29.4 Å². The fraction of sp³-hybridized carbons (Fsp3) is 0.304. The number of primary amides is 1. The lowest BCUT2D eigenvalue weighted by molar-refractivity contribution is -0.137. The first-order valence-electron chi connectivity index (χ1n) is 10.0. The van der Waals surface area contributed by atoms with E-state index in [0.717, 1.165) is 39.2 Å². The number of aryl methyl sites for hydroxylation is 1. The zero-order chi connectivity index (χ0) is 23.6. The minimum atomic E-state index is -4.39. The van der Waals surface area contributed by atoms with E-state index in [1.807, 2.05) is 6.92 Å². The van der Waals surface area contributed by atoms with Crippen LogP contribution in [0.3, 0.4) is 0 Å². The van der Waals surface area contributed by atoms with Crippen LogP contribution in [0.15, 0.2) is 42.5 Å². The first-order valence-corrected chi connectivity index (χ1v) is 10.8. The molecule has 0 spiro atoms. The number of thiazole rings is 1. The van der Waals surface area contributed by atoms with Gasteiger partial charge < -0.3 is 10.8 Å². The molecule has 0 aliphatic rings. The van der Waals surface area contributed by atoms with Crippen molar-refractivity contribution in [2.24, 2.45) is 11.7 Å². The van der Waals surface area contributed by atoms with Crippen molar-refractivity contribution in [3.05, 3.63) is 58.6 Å². The van der Waals surface area contributed by atoms with Crippen molar-refractivity contribution in [3.63, 3.8) is 0 Å². The SMILES string of the molecule is CC(C)CCO.Cc1nc2c(s1)c1cc(C(N)=O)ccc1n2-c1ccc(C(F)(F)F)cc1. The quantitative estimate of drug-likeness (QED) is 0.408. The van der Waals surface area contributed by atoms with Crippen molar-refractivity contribution in [1.29, 1.82) is 0 Å². The van der Waals surface area contributed by atoms with Crippen LogP contribution in [0, 0.1) is 12.8 Å². The van der Waals surface area contributed by atoms with Gasteiger partial charge in [0.2, 0.25) is 5.91 Å². The number of carbonyl (C=O) groups is 1. The molecule has 4 rings (SSSR count). The number of alkyl halides is 3. The lowest BCUT2D eigenvalue weighted by Gasteiger charge is -2.10.